The number of ether oxygens (including phenoxy) is 1. The van der Waals surface area contributed by atoms with Gasteiger partial charge >= 0.3 is 0 Å². The number of nitrogens with two attached hydrogens (primary N) is 1. The molecule has 7 heteroatoms. The Kier molecular flexibility index (Phi) is 10.7. The zero-order valence-electron chi connectivity index (χ0n) is 14.5. The van der Waals surface area contributed by atoms with Gasteiger partial charge in [0.25, 0.3) is 0 Å². The van der Waals surface area contributed by atoms with E-state index in [0.717, 1.165) is 25.8 Å². The Morgan fingerprint density at radius 2 is 1.96 bits per heavy atom. The van der Waals surface area contributed by atoms with E-state index < -0.39 is 0 Å². The lowest BCUT2D eigenvalue weighted by Crippen LogP contribution is -2.50. The minimum Gasteiger partial charge on any atom is -0.381 e. The van der Waals surface area contributed by atoms with Crippen LogP contribution in [0.15, 0.2) is 0 Å². The maximum atomic E-state index is 12.8. The van der Waals surface area contributed by atoms with Crippen molar-refractivity contribution in [3.05, 3.63) is 0 Å². The lowest BCUT2D eigenvalue weighted by atomic mass is 9.79. The molecule has 0 bridgehead atoms. The Hall–Kier alpha value is -0.0700. The number of nitrogens with zero attached hydrogens (tertiary/aromatic N) is 2. The summed E-state index contributed by atoms with van der Waals surface area (Å²) in [5.74, 6) is 0.215. The van der Waals surface area contributed by atoms with Gasteiger partial charge in [0.2, 0.25) is 5.91 Å². The van der Waals surface area contributed by atoms with Gasteiger partial charge in [-0.2, -0.15) is 0 Å². The van der Waals surface area contributed by atoms with Gasteiger partial charge in [-0.25, -0.2) is 0 Å². The highest BCUT2D eigenvalue weighted by atomic mass is 35.5. The Labute approximate surface area is 153 Å². The van der Waals surface area contributed by atoms with Crippen molar-refractivity contribution < 1.29 is 9.53 Å². The summed E-state index contributed by atoms with van der Waals surface area (Å²) in [7, 11) is 4.13. The number of piperidine rings is 1. The van der Waals surface area contributed by atoms with Crippen molar-refractivity contribution in [2.24, 2.45) is 11.1 Å². The molecule has 0 spiro atoms. The third-order valence-electron chi connectivity index (χ3n) is 5.36. The summed E-state index contributed by atoms with van der Waals surface area (Å²) in [5.41, 5.74) is 5.54. The normalized spacial score (nSPS) is 24.2. The molecule has 2 fully saturated rings. The SMILES string of the molecule is CN(CCC1CCCCN1C)C(=O)C1(CN)CCOCC1.Cl.Cl. The van der Waals surface area contributed by atoms with E-state index in [0.29, 0.717) is 25.8 Å². The third kappa shape index (κ3) is 5.75. The first kappa shape index (κ1) is 22.9. The quantitative estimate of drug-likeness (QED) is 0.803. The molecule has 0 aromatic rings. The summed E-state index contributed by atoms with van der Waals surface area (Å²) in [6, 6.07) is 0.623. The lowest BCUT2D eigenvalue weighted by Gasteiger charge is -2.39. The Morgan fingerprint density at radius 3 is 2.52 bits per heavy atom. The van der Waals surface area contributed by atoms with Crippen LogP contribution in [0.2, 0.25) is 0 Å². The number of likely N-dealkylation sites (tertiary alicyclic amines) is 1. The Morgan fingerprint density at radius 1 is 1.30 bits per heavy atom. The van der Waals surface area contributed by atoms with Crippen LogP contribution in [0.25, 0.3) is 0 Å². The molecule has 0 aromatic heterocycles. The van der Waals surface area contributed by atoms with Crippen LogP contribution in [0.1, 0.15) is 38.5 Å². The number of halogens is 2. The van der Waals surface area contributed by atoms with Gasteiger partial charge in [0.1, 0.15) is 0 Å². The average Bonchev–Trinajstić information content (AvgIpc) is 2.53. The fourth-order valence-corrected chi connectivity index (χ4v) is 3.63. The van der Waals surface area contributed by atoms with E-state index in [4.69, 9.17) is 10.5 Å². The number of hydrogen-bond donors (Lipinski definition) is 1. The summed E-state index contributed by atoms with van der Waals surface area (Å²) < 4.78 is 5.39. The molecule has 5 nitrogen and oxygen atoms in total. The molecule has 1 unspecified atom stereocenters. The van der Waals surface area contributed by atoms with E-state index in [2.05, 4.69) is 11.9 Å². The van der Waals surface area contributed by atoms with Crippen molar-refractivity contribution in [1.29, 1.82) is 0 Å². The predicted molar refractivity (Wildman–Crippen MR) is 98.6 cm³/mol. The molecule has 2 N–H and O–H groups in total. The van der Waals surface area contributed by atoms with Crippen molar-refractivity contribution in [2.75, 3.05) is 46.9 Å². The zero-order chi connectivity index (χ0) is 15.3. The fraction of sp³-hybridized carbons (Fsp3) is 0.938. The number of amides is 1. The van der Waals surface area contributed by atoms with Gasteiger partial charge in [0.05, 0.1) is 5.41 Å². The highest BCUT2D eigenvalue weighted by molar-refractivity contribution is 5.85. The van der Waals surface area contributed by atoms with E-state index in [1.807, 2.05) is 11.9 Å². The molecule has 1 amide bonds. The molecule has 23 heavy (non-hydrogen) atoms. The largest absolute Gasteiger partial charge is 0.381 e. The third-order valence-corrected chi connectivity index (χ3v) is 5.36. The van der Waals surface area contributed by atoms with Crippen molar-refractivity contribution >= 4 is 30.7 Å². The van der Waals surface area contributed by atoms with Gasteiger partial charge in [-0.3, -0.25) is 4.79 Å². The summed E-state index contributed by atoms with van der Waals surface area (Å²) in [4.78, 5) is 17.1. The van der Waals surface area contributed by atoms with E-state index >= 15 is 0 Å². The monoisotopic (exact) mass is 369 g/mol. The first-order valence-corrected chi connectivity index (χ1v) is 8.33. The standard InChI is InChI=1S/C16H31N3O2.2ClH/c1-18-9-4-3-5-14(18)6-10-19(2)15(20)16(13-17)7-11-21-12-8-16;;/h14H,3-13,17H2,1-2H3;2*1H. The Balaban J connectivity index is 0.00000242. The molecule has 2 aliphatic rings. The Bertz CT molecular complexity index is 352. The molecule has 1 atom stereocenters. The van der Waals surface area contributed by atoms with Gasteiger partial charge in [-0.1, -0.05) is 6.42 Å². The van der Waals surface area contributed by atoms with E-state index in [1.165, 1.54) is 25.8 Å². The van der Waals surface area contributed by atoms with Gasteiger partial charge in [-0.15, -0.1) is 24.8 Å². The number of rotatable bonds is 5. The molecule has 0 radical (unpaired) electrons. The fourth-order valence-electron chi connectivity index (χ4n) is 3.63. The van der Waals surface area contributed by atoms with E-state index in [9.17, 15) is 4.79 Å². The maximum absolute atomic E-state index is 12.8. The second-order valence-electron chi connectivity index (χ2n) is 6.74. The van der Waals surface area contributed by atoms with E-state index in [1.54, 1.807) is 0 Å². The van der Waals surface area contributed by atoms with Gasteiger partial charge in [-0.05, 0) is 45.7 Å². The first-order chi connectivity index (χ1) is 10.1. The minimum absolute atomic E-state index is 0. The minimum atomic E-state index is -0.383. The first-order valence-electron chi connectivity index (χ1n) is 8.33. The lowest BCUT2D eigenvalue weighted by molar-refractivity contribution is -0.146. The van der Waals surface area contributed by atoms with Crippen LogP contribution in [-0.4, -0.2) is 68.7 Å². The molecule has 0 aliphatic carbocycles. The van der Waals surface area contributed by atoms with Crippen LogP contribution in [0.3, 0.4) is 0 Å². The molecule has 2 rings (SSSR count). The highest BCUT2D eigenvalue weighted by Gasteiger charge is 2.40. The van der Waals surface area contributed by atoms with Crippen molar-refractivity contribution in [2.45, 2.75) is 44.6 Å². The van der Waals surface area contributed by atoms with Gasteiger partial charge < -0.3 is 20.3 Å². The van der Waals surface area contributed by atoms with Crippen LogP contribution >= 0.6 is 24.8 Å². The van der Waals surface area contributed by atoms with Crippen LogP contribution in [0.5, 0.6) is 0 Å². The summed E-state index contributed by atoms with van der Waals surface area (Å²) in [6.45, 7) is 3.76. The van der Waals surface area contributed by atoms with Crippen LogP contribution in [-0.2, 0) is 9.53 Å². The summed E-state index contributed by atoms with van der Waals surface area (Å²) >= 11 is 0. The molecular weight excluding hydrogens is 337 g/mol. The molecule has 2 heterocycles. The number of hydrogen-bond acceptors (Lipinski definition) is 4. The smallest absolute Gasteiger partial charge is 0.229 e. The molecule has 2 saturated heterocycles. The predicted octanol–water partition coefficient (Wildman–Crippen LogP) is 1.92. The van der Waals surface area contributed by atoms with Gasteiger partial charge in [0, 0.05) is 39.4 Å². The van der Waals surface area contributed by atoms with Crippen LogP contribution in [0.4, 0.5) is 0 Å². The summed E-state index contributed by atoms with van der Waals surface area (Å²) in [5, 5.41) is 0. The van der Waals surface area contributed by atoms with Crippen molar-refractivity contribution in [3.8, 4) is 0 Å². The maximum Gasteiger partial charge on any atom is 0.229 e. The topological polar surface area (TPSA) is 58.8 Å². The number of carbonyl (C=O) groups excluding carboxylic acids is 1. The van der Waals surface area contributed by atoms with Crippen LogP contribution in [0, 0.1) is 5.41 Å². The second-order valence-corrected chi connectivity index (χ2v) is 6.74. The average molecular weight is 370 g/mol. The van der Waals surface area contributed by atoms with Crippen molar-refractivity contribution in [1.82, 2.24) is 9.80 Å². The zero-order valence-corrected chi connectivity index (χ0v) is 16.1. The molecule has 2 aliphatic heterocycles. The van der Waals surface area contributed by atoms with Gasteiger partial charge in [0.15, 0.2) is 0 Å². The second kappa shape index (κ2) is 10.7. The molecule has 0 aromatic carbocycles. The van der Waals surface area contributed by atoms with Crippen molar-refractivity contribution in [3.63, 3.8) is 0 Å². The van der Waals surface area contributed by atoms with Crippen LogP contribution < -0.4 is 5.73 Å². The molecular formula is C16H33Cl2N3O2. The van der Waals surface area contributed by atoms with E-state index in [-0.39, 0.29) is 36.1 Å². The highest BCUT2D eigenvalue weighted by Crippen LogP contribution is 2.31. The number of carbonyl (C=O) groups is 1. The molecule has 138 valence electrons. The molecule has 0 saturated carbocycles. The summed E-state index contributed by atoms with van der Waals surface area (Å²) in [6.07, 6.45) is 6.46.